The Bertz CT molecular complexity index is 378. The Kier molecular flexibility index (Phi) is 3.29. The highest BCUT2D eigenvalue weighted by Crippen LogP contribution is 2.34. The third kappa shape index (κ3) is 2.02. The lowest BCUT2D eigenvalue weighted by Crippen LogP contribution is -2.21. The summed E-state index contributed by atoms with van der Waals surface area (Å²) in [6.45, 7) is 3.02. The van der Waals surface area contributed by atoms with Gasteiger partial charge in [-0.2, -0.15) is 0 Å². The number of carbonyl (C=O) groups is 1. The van der Waals surface area contributed by atoms with Crippen LogP contribution >= 0.6 is 22.6 Å². The van der Waals surface area contributed by atoms with E-state index in [0.717, 1.165) is 25.8 Å². The number of hydrogen-bond donors (Lipinski definition) is 0. The standard InChI is InChI=1S/C12H14INO/c1-9-4-2-5-10(12(9)13)11-6-3-7-14(11)8-15/h2,4-5,8,11H,3,6-7H2,1H3. The van der Waals surface area contributed by atoms with Gasteiger partial charge in [0.15, 0.2) is 0 Å². The second kappa shape index (κ2) is 4.51. The minimum Gasteiger partial charge on any atom is -0.338 e. The molecule has 80 valence electrons. The first kappa shape index (κ1) is 10.9. The van der Waals surface area contributed by atoms with Crippen molar-refractivity contribution in [3.05, 3.63) is 32.9 Å². The van der Waals surface area contributed by atoms with Gasteiger partial charge in [0, 0.05) is 10.1 Å². The van der Waals surface area contributed by atoms with Crippen molar-refractivity contribution < 1.29 is 4.79 Å². The highest BCUT2D eigenvalue weighted by atomic mass is 127. The van der Waals surface area contributed by atoms with Gasteiger partial charge in [-0.3, -0.25) is 4.79 Å². The van der Waals surface area contributed by atoms with E-state index < -0.39 is 0 Å². The second-order valence-electron chi connectivity index (χ2n) is 3.98. The molecule has 0 aliphatic carbocycles. The van der Waals surface area contributed by atoms with Gasteiger partial charge in [0.1, 0.15) is 0 Å². The van der Waals surface area contributed by atoms with Crippen LogP contribution in [0.1, 0.15) is 30.0 Å². The van der Waals surface area contributed by atoms with Crippen LogP contribution in [0.3, 0.4) is 0 Å². The number of hydrogen-bond acceptors (Lipinski definition) is 1. The summed E-state index contributed by atoms with van der Waals surface area (Å²) in [5, 5.41) is 0. The zero-order valence-corrected chi connectivity index (χ0v) is 10.9. The highest BCUT2D eigenvalue weighted by molar-refractivity contribution is 14.1. The fraction of sp³-hybridized carbons (Fsp3) is 0.417. The molecule has 1 aliphatic heterocycles. The van der Waals surface area contributed by atoms with E-state index in [-0.39, 0.29) is 0 Å². The number of carbonyl (C=O) groups excluding carboxylic acids is 1. The molecule has 2 nitrogen and oxygen atoms in total. The Balaban J connectivity index is 2.36. The van der Waals surface area contributed by atoms with Gasteiger partial charge in [0.25, 0.3) is 0 Å². The quantitative estimate of drug-likeness (QED) is 0.607. The third-order valence-electron chi connectivity index (χ3n) is 3.01. The molecular formula is C12H14INO. The van der Waals surface area contributed by atoms with Crippen molar-refractivity contribution in [1.82, 2.24) is 4.90 Å². The molecule has 0 bridgehead atoms. The topological polar surface area (TPSA) is 20.3 Å². The molecule has 0 aromatic heterocycles. The van der Waals surface area contributed by atoms with E-state index in [1.165, 1.54) is 14.7 Å². The van der Waals surface area contributed by atoms with Crippen LogP contribution in [0.4, 0.5) is 0 Å². The molecule has 0 saturated carbocycles. The van der Waals surface area contributed by atoms with Crippen LogP contribution in [-0.4, -0.2) is 17.9 Å². The van der Waals surface area contributed by atoms with Crippen molar-refractivity contribution in [3.8, 4) is 0 Å². The maximum Gasteiger partial charge on any atom is 0.210 e. The van der Waals surface area contributed by atoms with Gasteiger partial charge in [-0.15, -0.1) is 0 Å². The van der Waals surface area contributed by atoms with E-state index in [9.17, 15) is 4.79 Å². The molecule has 1 aromatic rings. The molecule has 0 N–H and O–H groups in total. The normalized spacial score (nSPS) is 20.7. The van der Waals surface area contributed by atoms with Crippen molar-refractivity contribution in [2.45, 2.75) is 25.8 Å². The number of nitrogens with zero attached hydrogens (tertiary/aromatic N) is 1. The SMILES string of the molecule is Cc1cccc(C2CCCN2C=O)c1I. The first-order valence-corrected chi connectivity index (χ1v) is 6.28. The molecule has 1 saturated heterocycles. The van der Waals surface area contributed by atoms with E-state index in [4.69, 9.17) is 0 Å². The lowest BCUT2D eigenvalue weighted by Gasteiger charge is -2.22. The molecule has 1 amide bonds. The first-order chi connectivity index (χ1) is 7.24. The van der Waals surface area contributed by atoms with Crippen molar-refractivity contribution in [2.75, 3.05) is 6.54 Å². The van der Waals surface area contributed by atoms with E-state index in [0.29, 0.717) is 6.04 Å². The number of halogens is 1. The monoisotopic (exact) mass is 315 g/mol. The maximum atomic E-state index is 10.9. The number of benzene rings is 1. The molecule has 3 heteroatoms. The molecule has 15 heavy (non-hydrogen) atoms. The molecule has 1 fully saturated rings. The van der Waals surface area contributed by atoms with Crippen LogP contribution < -0.4 is 0 Å². The maximum absolute atomic E-state index is 10.9. The van der Waals surface area contributed by atoms with Gasteiger partial charge in [0.2, 0.25) is 6.41 Å². The number of amides is 1. The molecule has 1 aliphatic rings. The summed E-state index contributed by atoms with van der Waals surface area (Å²) in [4.78, 5) is 12.8. The molecule has 0 spiro atoms. The Morgan fingerprint density at radius 3 is 3.07 bits per heavy atom. The van der Waals surface area contributed by atoms with E-state index in [1.807, 2.05) is 4.90 Å². The predicted molar refractivity (Wildman–Crippen MR) is 68.6 cm³/mol. The summed E-state index contributed by atoms with van der Waals surface area (Å²) >= 11 is 2.38. The largest absolute Gasteiger partial charge is 0.338 e. The molecular weight excluding hydrogens is 301 g/mol. The van der Waals surface area contributed by atoms with Crippen molar-refractivity contribution in [2.24, 2.45) is 0 Å². The Morgan fingerprint density at radius 2 is 2.33 bits per heavy atom. The summed E-state index contributed by atoms with van der Waals surface area (Å²) in [5.41, 5.74) is 2.60. The molecule has 0 radical (unpaired) electrons. The van der Waals surface area contributed by atoms with Gasteiger partial charge in [-0.1, -0.05) is 18.2 Å². The lowest BCUT2D eigenvalue weighted by molar-refractivity contribution is -0.118. The third-order valence-corrected chi connectivity index (χ3v) is 4.48. The predicted octanol–water partition coefficient (Wildman–Crippen LogP) is 2.89. The fourth-order valence-electron chi connectivity index (χ4n) is 2.18. The summed E-state index contributed by atoms with van der Waals surface area (Å²) < 4.78 is 1.30. The zero-order valence-electron chi connectivity index (χ0n) is 8.74. The summed E-state index contributed by atoms with van der Waals surface area (Å²) in [5.74, 6) is 0. The minimum atomic E-state index is 0.300. The van der Waals surface area contributed by atoms with Crippen LogP contribution in [0.5, 0.6) is 0 Å². The van der Waals surface area contributed by atoms with Gasteiger partial charge in [-0.05, 0) is 53.5 Å². The lowest BCUT2D eigenvalue weighted by atomic mass is 10.0. The summed E-state index contributed by atoms with van der Waals surface area (Å²) in [7, 11) is 0. The molecule has 1 heterocycles. The summed E-state index contributed by atoms with van der Waals surface area (Å²) in [6, 6.07) is 6.63. The molecule has 1 unspecified atom stereocenters. The number of aryl methyl sites for hydroxylation is 1. The van der Waals surface area contributed by atoms with Crippen molar-refractivity contribution in [1.29, 1.82) is 0 Å². The zero-order chi connectivity index (χ0) is 10.8. The average Bonchev–Trinajstić information content (AvgIpc) is 2.70. The van der Waals surface area contributed by atoms with Crippen molar-refractivity contribution in [3.63, 3.8) is 0 Å². The van der Waals surface area contributed by atoms with Crippen LogP contribution in [0.25, 0.3) is 0 Å². The number of likely N-dealkylation sites (tertiary alicyclic amines) is 1. The van der Waals surface area contributed by atoms with Crippen molar-refractivity contribution >= 4 is 29.0 Å². The molecule has 1 aromatic carbocycles. The summed E-state index contributed by atoms with van der Waals surface area (Å²) in [6.07, 6.45) is 3.20. The van der Waals surface area contributed by atoms with E-state index in [2.05, 4.69) is 47.7 Å². The van der Waals surface area contributed by atoms with E-state index in [1.54, 1.807) is 0 Å². The fourth-order valence-corrected chi connectivity index (χ4v) is 2.90. The Morgan fingerprint density at radius 1 is 1.53 bits per heavy atom. The second-order valence-corrected chi connectivity index (χ2v) is 5.06. The van der Waals surface area contributed by atoms with E-state index >= 15 is 0 Å². The van der Waals surface area contributed by atoms with Crippen LogP contribution in [0.2, 0.25) is 0 Å². The smallest absolute Gasteiger partial charge is 0.210 e. The molecule has 1 atom stereocenters. The van der Waals surface area contributed by atoms with Gasteiger partial charge >= 0.3 is 0 Å². The first-order valence-electron chi connectivity index (χ1n) is 5.20. The van der Waals surface area contributed by atoms with Crippen LogP contribution in [0, 0.1) is 10.5 Å². The van der Waals surface area contributed by atoms with Gasteiger partial charge < -0.3 is 4.90 Å². The van der Waals surface area contributed by atoms with Crippen LogP contribution in [-0.2, 0) is 4.79 Å². The molecule has 2 rings (SSSR count). The van der Waals surface area contributed by atoms with Gasteiger partial charge in [0.05, 0.1) is 6.04 Å². The average molecular weight is 315 g/mol. The Labute approximate surface area is 104 Å². The van der Waals surface area contributed by atoms with Crippen LogP contribution in [0.15, 0.2) is 18.2 Å². The number of rotatable bonds is 2. The minimum absolute atomic E-state index is 0.300. The Hall–Kier alpha value is -0.580. The van der Waals surface area contributed by atoms with Gasteiger partial charge in [-0.25, -0.2) is 0 Å². The highest BCUT2D eigenvalue weighted by Gasteiger charge is 2.26.